The first-order valence-electron chi connectivity index (χ1n) is 13.5. The number of hydrogen-bond acceptors (Lipinski definition) is 5. The number of imidazole rings is 1. The number of amides is 3. The standard InChI is InChI=1S/C29H34N8O2/c1-19-13-20(14-22-16-31-34-27(19)22)15-25(28-30-9-12-35(28)2)32-26(38)18-36-10-7-23(8-11-36)37-17-21-5-3-4-6-24(21)33-29(37)39/h3-6,9,12-14,16,23,25H,7-8,10-11,15,17-18H2,1-2H3,(H,31,34)(H,32,38)(H,33,39). The van der Waals surface area contributed by atoms with E-state index in [2.05, 4.69) is 55.8 Å². The number of hydrogen-bond donors (Lipinski definition) is 3. The van der Waals surface area contributed by atoms with Gasteiger partial charge in [0.05, 0.1) is 24.3 Å². The zero-order valence-corrected chi connectivity index (χ0v) is 22.4. The van der Waals surface area contributed by atoms with Crippen LogP contribution in [0.1, 0.15) is 41.4 Å². The molecule has 2 aliphatic heterocycles. The number of rotatable bonds is 7. The number of aromatic nitrogens is 4. The number of aryl methyl sites for hydroxylation is 2. The molecule has 6 rings (SSSR count). The minimum Gasteiger partial charge on any atom is -0.345 e. The Morgan fingerprint density at radius 1 is 1.21 bits per heavy atom. The number of piperidine rings is 1. The zero-order valence-electron chi connectivity index (χ0n) is 22.4. The summed E-state index contributed by atoms with van der Waals surface area (Å²) in [5.41, 5.74) is 5.32. The van der Waals surface area contributed by atoms with Crippen molar-refractivity contribution < 1.29 is 9.59 Å². The van der Waals surface area contributed by atoms with Gasteiger partial charge < -0.3 is 20.1 Å². The van der Waals surface area contributed by atoms with E-state index in [1.165, 1.54) is 0 Å². The van der Waals surface area contributed by atoms with Crippen molar-refractivity contribution in [3.05, 3.63) is 77.5 Å². The fourth-order valence-corrected chi connectivity index (χ4v) is 5.94. The van der Waals surface area contributed by atoms with Crippen molar-refractivity contribution in [2.24, 2.45) is 7.05 Å². The normalized spacial score (nSPS) is 17.2. The average molecular weight is 527 g/mol. The summed E-state index contributed by atoms with van der Waals surface area (Å²) in [5.74, 6) is 0.801. The van der Waals surface area contributed by atoms with Crippen molar-refractivity contribution >= 4 is 28.5 Å². The van der Waals surface area contributed by atoms with Gasteiger partial charge in [0.25, 0.3) is 0 Å². The fourth-order valence-electron chi connectivity index (χ4n) is 5.94. The predicted molar refractivity (Wildman–Crippen MR) is 149 cm³/mol. The van der Waals surface area contributed by atoms with Gasteiger partial charge in [-0.05, 0) is 55.0 Å². The van der Waals surface area contributed by atoms with Crippen molar-refractivity contribution in [3.8, 4) is 0 Å². The number of likely N-dealkylation sites (tertiary alicyclic amines) is 1. The van der Waals surface area contributed by atoms with Gasteiger partial charge in [0.2, 0.25) is 5.91 Å². The number of H-pyrrole nitrogens is 1. The Labute approximate surface area is 227 Å². The summed E-state index contributed by atoms with van der Waals surface area (Å²) >= 11 is 0. The Bertz CT molecular complexity index is 1500. The molecule has 3 N–H and O–H groups in total. The van der Waals surface area contributed by atoms with E-state index in [-0.39, 0.29) is 24.0 Å². The number of fused-ring (bicyclic) bond motifs is 2. The Kier molecular flexibility index (Phi) is 6.78. The Balaban J connectivity index is 1.08. The van der Waals surface area contributed by atoms with Crippen LogP contribution in [-0.2, 0) is 24.8 Å². The van der Waals surface area contributed by atoms with E-state index in [1.807, 2.05) is 47.1 Å². The lowest BCUT2D eigenvalue weighted by Crippen LogP contribution is -2.51. The summed E-state index contributed by atoms with van der Waals surface area (Å²) in [7, 11) is 1.95. The first-order chi connectivity index (χ1) is 18.9. The molecule has 2 aromatic heterocycles. The van der Waals surface area contributed by atoms with Crippen LogP contribution in [0.2, 0.25) is 0 Å². The number of anilines is 1. The molecule has 39 heavy (non-hydrogen) atoms. The summed E-state index contributed by atoms with van der Waals surface area (Å²) in [5, 5.41) is 14.5. The molecule has 1 saturated heterocycles. The van der Waals surface area contributed by atoms with Crippen LogP contribution in [0.25, 0.3) is 10.9 Å². The first kappa shape index (κ1) is 25.1. The molecule has 1 atom stereocenters. The summed E-state index contributed by atoms with van der Waals surface area (Å²) in [6.07, 6.45) is 7.81. The maximum Gasteiger partial charge on any atom is 0.322 e. The van der Waals surface area contributed by atoms with Crippen LogP contribution in [0.15, 0.2) is 55.0 Å². The SMILES string of the molecule is Cc1cc(CC(NC(=O)CN2CCC(N3Cc4ccccc4NC3=O)CC2)c2nccn2C)cc2cn[nH]c12. The highest BCUT2D eigenvalue weighted by Crippen LogP contribution is 2.28. The van der Waals surface area contributed by atoms with Gasteiger partial charge in [0, 0.05) is 56.2 Å². The topological polar surface area (TPSA) is 111 Å². The minimum absolute atomic E-state index is 0.0211. The van der Waals surface area contributed by atoms with Gasteiger partial charge in [-0.3, -0.25) is 14.8 Å². The molecule has 10 heteroatoms. The summed E-state index contributed by atoms with van der Waals surface area (Å²) < 4.78 is 1.96. The highest BCUT2D eigenvalue weighted by Gasteiger charge is 2.32. The van der Waals surface area contributed by atoms with E-state index in [4.69, 9.17) is 0 Å². The number of nitrogens with one attached hydrogen (secondary N) is 3. The lowest BCUT2D eigenvalue weighted by molar-refractivity contribution is -0.123. The lowest BCUT2D eigenvalue weighted by atomic mass is 10.00. The van der Waals surface area contributed by atoms with E-state index >= 15 is 0 Å². The third-order valence-electron chi connectivity index (χ3n) is 7.98. The van der Waals surface area contributed by atoms with Gasteiger partial charge in [-0.1, -0.05) is 24.3 Å². The molecular weight excluding hydrogens is 492 g/mol. The minimum atomic E-state index is -0.254. The monoisotopic (exact) mass is 526 g/mol. The second-order valence-corrected chi connectivity index (χ2v) is 10.7. The number of benzene rings is 2. The first-order valence-corrected chi connectivity index (χ1v) is 13.5. The number of aromatic amines is 1. The number of carbonyl (C=O) groups is 2. The molecule has 0 radical (unpaired) electrons. The molecule has 2 aliphatic rings. The van der Waals surface area contributed by atoms with Gasteiger partial charge >= 0.3 is 6.03 Å². The van der Waals surface area contributed by atoms with E-state index < -0.39 is 0 Å². The molecule has 0 spiro atoms. The van der Waals surface area contributed by atoms with E-state index in [0.29, 0.717) is 19.5 Å². The van der Waals surface area contributed by atoms with Crippen LogP contribution in [0, 0.1) is 6.92 Å². The van der Waals surface area contributed by atoms with Crippen molar-refractivity contribution in [1.82, 2.24) is 34.9 Å². The molecule has 0 aliphatic carbocycles. The number of para-hydroxylation sites is 1. The highest BCUT2D eigenvalue weighted by molar-refractivity contribution is 5.92. The maximum atomic E-state index is 13.2. The predicted octanol–water partition coefficient (Wildman–Crippen LogP) is 3.52. The van der Waals surface area contributed by atoms with E-state index in [0.717, 1.165) is 65.0 Å². The van der Waals surface area contributed by atoms with E-state index in [1.54, 1.807) is 6.20 Å². The third kappa shape index (κ3) is 5.24. The van der Waals surface area contributed by atoms with Crippen molar-refractivity contribution in [1.29, 1.82) is 0 Å². The molecule has 4 aromatic rings. The third-order valence-corrected chi connectivity index (χ3v) is 7.98. The van der Waals surface area contributed by atoms with Gasteiger partial charge in [0.15, 0.2) is 0 Å². The zero-order chi connectivity index (χ0) is 26.9. The average Bonchev–Trinajstić information content (AvgIpc) is 3.58. The quantitative estimate of drug-likeness (QED) is 0.341. The second kappa shape index (κ2) is 10.5. The summed E-state index contributed by atoms with van der Waals surface area (Å²) in [6.45, 7) is 4.55. The van der Waals surface area contributed by atoms with Gasteiger partial charge in [-0.2, -0.15) is 5.10 Å². The molecule has 1 fully saturated rings. The lowest BCUT2D eigenvalue weighted by Gasteiger charge is -2.40. The van der Waals surface area contributed by atoms with Crippen LogP contribution in [0.3, 0.4) is 0 Å². The summed E-state index contributed by atoms with van der Waals surface area (Å²) in [4.78, 5) is 34.6. The van der Waals surface area contributed by atoms with Crippen LogP contribution < -0.4 is 10.6 Å². The van der Waals surface area contributed by atoms with Crippen LogP contribution in [0.5, 0.6) is 0 Å². The van der Waals surface area contributed by atoms with Gasteiger partial charge in [0.1, 0.15) is 5.82 Å². The van der Waals surface area contributed by atoms with Crippen LogP contribution >= 0.6 is 0 Å². The molecule has 1 unspecified atom stereocenters. The molecule has 2 aromatic carbocycles. The number of nitrogens with zero attached hydrogens (tertiary/aromatic N) is 5. The Hall–Kier alpha value is -4.18. The molecule has 4 heterocycles. The highest BCUT2D eigenvalue weighted by atomic mass is 16.2. The van der Waals surface area contributed by atoms with Crippen LogP contribution in [-0.4, -0.2) is 67.2 Å². The van der Waals surface area contributed by atoms with Crippen molar-refractivity contribution in [2.75, 3.05) is 25.0 Å². The molecule has 3 amide bonds. The van der Waals surface area contributed by atoms with Crippen molar-refractivity contribution in [3.63, 3.8) is 0 Å². The molecular formula is C29H34N8O2. The van der Waals surface area contributed by atoms with Gasteiger partial charge in [-0.25, -0.2) is 9.78 Å². The smallest absolute Gasteiger partial charge is 0.322 e. The molecule has 0 saturated carbocycles. The Morgan fingerprint density at radius 2 is 2.03 bits per heavy atom. The second-order valence-electron chi connectivity index (χ2n) is 10.7. The van der Waals surface area contributed by atoms with Crippen molar-refractivity contribution in [2.45, 2.75) is 44.8 Å². The fraction of sp³-hybridized carbons (Fsp3) is 0.379. The molecule has 0 bridgehead atoms. The van der Waals surface area contributed by atoms with Gasteiger partial charge in [-0.15, -0.1) is 0 Å². The van der Waals surface area contributed by atoms with E-state index in [9.17, 15) is 9.59 Å². The maximum absolute atomic E-state index is 13.2. The molecule has 10 nitrogen and oxygen atoms in total. The molecule has 202 valence electrons. The summed E-state index contributed by atoms with van der Waals surface area (Å²) in [6, 6.07) is 12.1. The number of urea groups is 1. The largest absolute Gasteiger partial charge is 0.345 e. The van der Waals surface area contributed by atoms with Crippen LogP contribution in [0.4, 0.5) is 10.5 Å². The number of carbonyl (C=O) groups excluding carboxylic acids is 2. The Morgan fingerprint density at radius 3 is 2.82 bits per heavy atom.